The first-order valence-electron chi connectivity index (χ1n) is 5.87. The summed E-state index contributed by atoms with van der Waals surface area (Å²) in [5, 5.41) is 0. The summed E-state index contributed by atoms with van der Waals surface area (Å²) in [6, 6.07) is 8.63. The van der Waals surface area contributed by atoms with E-state index in [-0.39, 0.29) is 24.2 Å². The van der Waals surface area contributed by atoms with Crippen molar-refractivity contribution in [3.05, 3.63) is 35.9 Å². The average Bonchev–Trinajstić information content (AvgIpc) is 2.70. The van der Waals surface area contributed by atoms with Crippen molar-refractivity contribution in [3.63, 3.8) is 0 Å². The highest BCUT2D eigenvalue weighted by Gasteiger charge is 2.34. The topological polar surface area (TPSA) is 35.5 Å². The Morgan fingerprint density at radius 3 is 2.82 bits per heavy atom. The van der Waals surface area contributed by atoms with Crippen LogP contribution in [0.25, 0.3) is 0 Å². The maximum atomic E-state index is 11.9. The molecule has 1 aliphatic heterocycles. The molecule has 0 bridgehead atoms. The molecule has 4 heteroatoms. The van der Waals surface area contributed by atoms with E-state index in [1.165, 1.54) is 0 Å². The van der Waals surface area contributed by atoms with Gasteiger partial charge >= 0.3 is 5.97 Å². The van der Waals surface area contributed by atoms with Crippen LogP contribution in [0, 0.1) is 0 Å². The molecule has 0 saturated carbocycles. The van der Waals surface area contributed by atoms with Gasteiger partial charge in [0.25, 0.3) is 0 Å². The van der Waals surface area contributed by atoms with E-state index in [2.05, 4.69) is 0 Å². The molecule has 3 nitrogen and oxygen atoms in total. The third kappa shape index (κ3) is 2.89. The maximum absolute atomic E-state index is 11.9. The lowest BCUT2D eigenvalue weighted by Crippen LogP contribution is -2.26. The fourth-order valence-electron chi connectivity index (χ4n) is 2.01. The molecule has 0 aromatic heterocycles. The van der Waals surface area contributed by atoms with E-state index >= 15 is 0 Å². The molecule has 88 valence electrons. The molecule has 1 aromatic carbocycles. The lowest BCUT2D eigenvalue weighted by Gasteiger charge is -2.17. The monoisotopic (exact) mass is 230 g/mol. The fourth-order valence-corrected chi connectivity index (χ4v) is 2.01. The van der Waals surface area contributed by atoms with Gasteiger partial charge in [-0.25, -0.2) is 4.79 Å². The summed E-state index contributed by atoms with van der Waals surface area (Å²) >= 11 is 0. The first-order valence-corrected chi connectivity index (χ1v) is 5.87. The second-order valence-electron chi connectivity index (χ2n) is 4.17. The summed E-state index contributed by atoms with van der Waals surface area (Å²) in [6.07, 6.45) is 1.04. The SMILES string of the molecule is [B][C@H]1C[C@@H](OC(=O)c2ccccc2)[C@@H](CC)O1. The zero-order valence-corrected chi connectivity index (χ0v) is 9.84. The lowest BCUT2D eigenvalue weighted by molar-refractivity contribution is -0.00353. The van der Waals surface area contributed by atoms with Crippen LogP contribution < -0.4 is 0 Å². The van der Waals surface area contributed by atoms with Crippen molar-refractivity contribution in [1.29, 1.82) is 0 Å². The van der Waals surface area contributed by atoms with Crippen molar-refractivity contribution in [2.24, 2.45) is 0 Å². The van der Waals surface area contributed by atoms with Crippen LogP contribution in [0.15, 0.2) is 30.3 Å². The summed E-state index contributed by atoms with van der Waals surface area (Å²) in [4.78, 5) is 11.9. The smallest absolute Gasteiger partial charge is 0.338 e. The molecule has 1 saturated heterocycles. The van der Waals surface area contributed by atoms with Crippen LogP contribution in [0.5, 0.6) is 0 Å². The van der Waals surface area contributed by atoms with E-state index < -0.39 is 0 Å². The molecule has 1 aliphatic rings. The average molecular weight is 230 g/mol. The summed E-state index contributed by atoms with van der Waals surface area (Å²) in [5.74, 6) is -0.313. The van der Waals surface area contributed by atoms with Gasteiger partial charge in [0.15, 0.2) is 0 Å². The fraction of sp³-hybridized carbons (Fsp3) is 0.462. The Hall–Kier alpha value is -1.29. The van der Waals surface area contributed by atoms with Gasteiger partial charge in [-0.3, -0.25) is 0 Å². The van der Waals surface area contributed by atoms with E-state index in [1.54, 1.807) is 12.1 Å². The molecule has 1 aromatic rings. The molecule has 0 N–H and O–H groups in total. The Balaban J connectivity index is 1.99. The van der Waals surface area contributed by atoms with Crippen molar-refractivity contribution >= 4 is 13.8 Å². The highest BCUT2D eigenvalue weighted by molar-refractivity contribution is 6.11. The van der Waals surface area contributed by atoms with Crippen LogP contribution in [0.3, 0.4) is 0 Å². The zero-order valence-electron chi connectivity index (χ0n) is 9.84. The molecule has 1 fully saturated rings. The van der Waals surface area contributed by atoms with E-state index in [0.717, 1.165) is 6.42 Å². The third-order valence-electron chi connectivity index (χ3n) is 2.90. The van der Waals surface area contributed by atoms with Crippen LogP contribution in [0.1, 0.15) is 30.1 Å². The minimum atomic E-state index is -0.325. The summed E-state index contributed by atoms with van der Waals surface area (Å²) in [7, 11) is 5.69. The Bertz CT molecular complexity index is 380. The van der Waals surface area contributed by atoms with Crippen LogP contribution in [0.4, 0.5) is 0 Å². The van der Waals surface area contributed by atoms with E-state index in [4.69, 9.17) is 17.3 Å². The Labute approximate surface area is 103 Å². The van der Waals surface area contributed by atoms with Crippen molar-refractivity contribution < 1.29 is 14.3 Å². The van der Waals surface area contributed by atoms with Gasteiger partial charge in [-0.15, -0.1) is 0 Å². The summed E-state index contributed by atoms with van der Waals surface area (Å²) in [5.41, 5.74) is 0.558. The van der Waals surface area contributed by atoms with Gasteiger partial charge in [0.1, 0.15) is 14.0 Å². The van der Waals surface area contributed by atoms with Crippen LogP contribution in [0.2, 0.25) is 0 Å². The van der Waals surface area contributed by atoms with Gasteiger partial charge in [-0.2, -0.15) is 0 Å². The first-order chi connectivity index (χ1) is 8.20. The molecule has 2 rings (SSSR count). The number of hydrogen-bond donors (Lipinski definition) is 0. The van der Waals surface area contributed by atoms with Gasteiger partial charge in [0.2, 0.25) is 0 Å². The Morgan fingerprint density at radius 1 is 1.47 bits per heavy atom. The van der Waals surface area contributed by atoms with Gasteiger partial charge in [0.05, 0.1) is 11.7 Å². The Kier molecular flexibility index (Phi) is 3.84. The van der Waals surface area contributed by atoms with E-state index in [9.17, 15) is 4.79 Å². The third-order valence-corrected chi connectivity index (χ3v) is 2.90. The molecule has 1 heterocycles. The Morgan fingerprint density at radius 2 is 2.18 bits per heavy atom. The van der Waals surface area contributed by atoms with Gasteiger partial charge in [-0.05, 0) is 18.6 Å². The van der Waals surface area contributed by atoms with E-state index in [0.29, 0.717) is 12.0 Å². The summed E-state index contributed by atoms with van der Waals surface area (Å²) < 4.78 is 10.9. The van der Waals surface area contributed by atoms with Crippen molar-refractivity contribution in [2.45, 2.75) is 38.0 Å². The normalized spacial score (nSPS) is 27.9. The number of benzene rings is 1. The van der Waals surface area contributed by atoms with Crippen LogP contribution in [-0.2, 0) is 9.47 Å². The molecule has 0 amide bonds. The maximum Gasteiger partial charge on any atom is 0.338 e. The second-order valence-corrected chi connectivity index (χ2v) is 4.17. The molecule has 17 heavy (non-hydrogen) atoms. The number of carbonyl (C=O) groups excluding carboxylic acids is 1. The second kappa shape index (κ2) is 5.36. The minimum Gasteiger partial charge on any atom is -0.456 e. The highest BCUT2D eigenvalue weighted by Crippen LogP contribution is 2.24. The standard InChI is InChI=1S/C13H15BO3/c1-2-10-11(8-12(14)16-10)17-13(15)9-6-4-3-5-7-9/h3-7,10-12H,2,8H2,1H3/t10-,11-,12-/m1/s1. The predicted octanol–water partition coefficient (Wildman–Crippen LogP) is 1.91. The van der Waals surface area contributed by atoms with Crippen molar-refractivity contribution in [1.82, 2.24) is 0 Å². The quantitative estimate of drug-likeness (QED) is 0.587. The molecule has 0 spiro atoms. The molecule has 0 unspecified atom stereocenters. The highest BCUT2D eigenvalue weighted by atomic mass is 16.6. The van der Waals surface area contributed by atoms with Crippen LogP contribution >= 0.6 is 0 Å². The number of esters is 1. The van der Waals surface area contributed by atoms with Crippen molar-refractivity contribution in [2.75, 3.05) is 0 Å². The summed E-state index contributed by atoms with van der Waals surface area (Å²) in [6.45, 7) is 1.99. The molecule has 3 atom stereocenters. The van der Waals surface area contributed by atoms with Crippen LogP contribution in [-0.4, -0.2) is 32.0 Å². The largest absolute Gasteiger partial charge is 0.456 e. The lowest BCUT2D eigenvalue weighted by atomic mass is 9.96. The van der Waals surface area contributed by atoms with Gasteiger partial charge < -0.3 is 9.47 Å². The van der Waals surface area contributed by atoms with E-state index in [1.807, 2.05) is 25.1 Å². The van der Waals surface area contributed by atoms with Gasteiger partial charge in [-0.1, -0.05) is 25.1 Å². The number of carbonyl (C=O) groups is 1. The molecular formula is C13H15BO3. The number of ether oxygens (including phenoxy) is 2. The zero-order chi connectivity index (χ0) is 12.3. The molecule has 2 radical (unpaired) electrons. The predicted molar refractivity (Wildman–Crippen MR) is 65.0 cm³/mol. The minimum absolute atomic E-state index is 0.0855. The number of rotatable bonds is 3. The molecule has 0 aliphatic carbocycles. The van der Waals surface area contributed by atoms with Crippen molar-refractivity contribution in [3.8, 4) is 0 Å². The molecular weight excluding hydrogens is 215 g/mol. The number of hydrogen-bond acceptors (Lipinski definition) is 3. The van der Waals surface area contributed by atoms with Gasteiger partial charge in [0, 0.05) is 12.4 Å². The first kappa shape index (κ1) is 12.2.